The highest BCUT2D eigenvalue weighted by Crippen LogP contribution is 2.59. The Morgan fingerprint density at radius 3 is 2.22 bits per heavy atom. The zero-order valence-corrected chi connectivity index (χ0v) is 25.4. The molecule has 2 aliphatic heterocycles. The van der Waals surface area contributed by atoms with Crippen LogP contribution >= 0.6 is 0 Å². The van der Waals surface area contributed by atoms with E-state index in [1.54, 1.807) is 11.0 Å². The van der Waals surface area contributed by atoms with E-state index < -0.39 is 11.6 Å². The van der Waals surface area contributed by atoms with Crippen LogP contribution in [0.3, 0.4) is 0 Å². The lowest BCUT2D eigenvalue weighted by Gasteiger charge is -2.39. The lowest BCUT2D eigenvalue weighted by Crippen LogP contribution is -2.38. The van der Waals surface area contributed by atoms with Gasteiger partial charge in [-0.25, -0.2) is 9.59 Å². The molecule has 0 bridgehead atoms. The largest absolute Gasteiger partial charge is 0.456 e. The lowest BCUT2D eigenvalue weighted by atomic mass is 9.76. The molecule has 1 N–H and O–H groups in total. The third-order valence-corrected chi connectivity index (χ3v) is 8.65. The number of esters is 1. The minimum absolute atomic E-state index is 0.360. The van der Waals surface area contributed by atoms with Gasteiger partial charge in [-0.1, -0.05) is 66.7 Å². The van der Waals surface area contributed by atoms with Gasteiger partial charge in [-0.05, 0) is 74.9 Å². The Hall–Kier alpha value is -5.56. The maximum atomic E-state index is 14.6. The van der Waals surface area contributed by atoms with Crippen molar-refractivity contribution in [2.24, 2.45) is 0 Å². The highest BCUT2D eigenvalue weighted by Gasteiger charge is 2.55. The van der Waals surface area contributed by atoms with Gasteiger partial charge in [0.15, 0.2) is 5.60 Å². The zero-order chi connectivity index (χ0) is 31.1. The zero-order valence-electron chi connectivity index (χ0n) is 25.4. The van der Waals surface area contributed by atoms with Crippen LogP contribution in [0.1, 0.15) is 46.5 Å². The van der Waals surface area contributed by atoms with Gasteiger partial charge in [0, 0.05) is 35.6 Å². The summed E-state index contributed by atoms with van der Waals surface area (Å²) in [5, 5.41) is 3.10. The van der Waals surface area contributed by atoms with Crippen molar-refractivity contribution in [2.45, 2.75) is 26.4 Å². The van der Waals surface area contributed by atoms with Gasteiger partial charge in [-0.2, -0.15) is 0 Å². The smallest absolute Gasteiger partial charge is 0.340 e. The number of hydrogen-bond acceptors (Lipinski definition) is 5. The van der Waals surface area contributed by atoms with Gasteiger partial charge in [-0.15, -0.1) is 0 Å². The first-order chi connectivity index (χ1) is 22.0. The van der Waals surface area contributed by atoms with Crippen LogP contribution in [-0.4, -0.2) is 25.1 Å². The van der Waals surface area contributed by atoms with Gasteiger partial charge in [0.05, 0.1) is 22.5 Å². The summed E-state index contributed by atoms with van der Waals surface area (Å²) in [6.07, 6.45) is 0. The van der Waals surface area contributed by atoms with Crippen molar-refractivity contribution in [3.05, 3.63) is 143 Å². The molecular weight excluding hydrogens is 562 g/mol. The third-order valence-electron chi connectivity index (χ3n) is 8.65. The van der Waals surface area contributed by atoms with Crippen LogP contribution in [0, 0.1) is 6.92 Å². The maximum Gasteiger partial charge on any atom is 0.340 e. The number of ether oxygens (including phenoxy) is 2. The van der Waals surface area contributed by atoms with Crippen molar-refractivity contribution in [1.29, 1.82) is 0 Å². The van der Waals surface area contributed by atoms with E-state index in [4.69, 9.17) is 9.47 Å². The van der Waals surface area contributed by atoms with Crippen LogP contribution in [-0.2, 0) is 10.3 Å². The number of anilines is 4. The molecule has 0 saturated carbocycles. The van der Waals surface area contributed by atoms with E-state index in [1.165, 1.54) is 0 Å². The predicted octanol–water partition coefficient (Wildman–Crippen LogP) is 8.78. The fourth-order valence-corrected chi connectivity index (χ4v) is 6.52. The molecule has 1 unspecified atom stereocenters. The molecule has 0 saturated heterocycles. The first-order valence-corrected chi connectivity index (χ1v) is 15.2. The number of carbonyl (C=O) groups excluding carboxylic acids is 2. The van der Waals surface area contributed by atoms with Crippen molar-refractivity contribution >= 4 is 34.7 Å². The molecule has 45 heavy (non-hydrogen) atoms. The van der Waals surface area contributed by atoms with Gasteiger partial charge in [-0.3, -0.25) is 4.90 Å². The van der Waals surface area contributed by atoms with Crippen LogP contribution < -0.4 is 19.9 Å². The second-order valence-corrected chi connectivity index (χ2v) is 11.1. The van der Waals surface area contributed by atoms with Crippen molar-refractivity contribution in [3.8, 4) is 11.5 Å². The van der Waals surface area contributed by atoms with Crippen molar-refractivity contribution in [1.82, 2.24) is 0 Å². The fourth-order valence-electron chi connectivity index (χ4n) is 6.52. The summed E-state index contributed by atoms with van der Waals surface area (Å²) in [5.41, 5.74) is 4.92. The summed E-state index contributed by atoms with van der Waals surface area (Å²) >= 11 is 0. The van der Waals surface area contributed by atoms with Crippen molar-refractivity contribution in [3.63, 3.8) is 0 Å². The van der Waals surface area contributed by atoms with Crippen LogP contribution in [0.5, 0.6) is 11.5 Å². The van der Waals surface area contributed by atoms with E-state index in [0.29, 0.717) is 50.8 Å². The number of nitrogens with one attached hydrogen (secondary N) is 1. The Kier molecular flexibility index (Phi) is 7.01. The number of carbonyl (C=O) groups is 2. The molecule has 224 valence electrons. The summed E-state index contributed by atoms with van der Waals surface area (Å²) in [4.78, 5) is 32.1. The fraction of sp³-hybridized carbons (Fsp3) is 0.158. The number of urea groups is 1. The summed E-state index contributed by atoms with van der Waals surface area (Å²) in [6.45, 7) is 7.85. The number of para-hydroxylation sites is 2. The Bertz CT molecular complexity index is 1940. The van der Waals surface area contributed by atoms with Crippen molar-refractivity contribution < 1.29 is 19.1 Å². The molecule has 5 aromatic carbocycles. The minimum Gasteiger partial charge on any atom is -0.456 e. The van der Waals surface area contributed by atoms with E-state index in [2.05, 4.69) is 30.1 Å². The average Bonchev–Trinajstić information content (AvgIpc) is 3.36. The number of nitrogens with zero attached hydrogens (tertiary/aromatic N) is 2. The monoisotopic (exact) mass is 595 g/mol. The summed E-state index contributed by atoms with van der Waals surface area (Å²) in [6, 6.07) is 35.8. The van der Waals surface area contributed by atoms with Crippen LogP contribution in [0.25, 0.3) is 0 Å². The Labute approximate surface area is 262 Å². The predicted molar refractivity (Wildman–Crippen MR) is 177 cm³/mol. The molecule has 2 aliphatic rings. The first-order valence-electron chi connectivity index (χ1n) is 15.2. The van der Waals surface area contributed by atoms with Gasteiger partial charge < -0.3 is 19.7 Å². The number of fused-ring (bicyclic) bond motifs is 6. The van der Waals surface area contributed by atoms with Crippen LogP contribution in [0.2, 0.25) is 0 Å². The summed E-state index contributed by atoms with van der Waals surface area (Å²) in [5.74, 6) is 0.667. The number of aryl methyl sites for hydroxylation is 1. The molecule has 0 fully saturated rings. The second-order valence-electron chi connectivity index (χ2n) is 11.1. The maximum absolute atomic E-state index is 14.6. The molecule has 1 spiro atoms. The highest BCUT2D eigenvalue weighted by molar-refractivity contribution is 6.09. The second kappa shape index (κ2) is 11.2. The highest BCUT2D eigenvalue weighted by atomic mass is 16.6. The Morgan fingerprint density at radius 1 is 0.756 bits per heavy atom. The first kappa shape index (κ1) is 28.2. The van der Waals surface area contributed by atoms with Crippen LogP contribution in [0.15, 0.2) is 115 Å². The Morgan fingerprint density at radius 2 is 1.44 bits per heavy atom. The van der Waals surface area contributed by atoms with E-state index in [9.17, 15) is 9.59 Å². The van der Waals surface area contributed by atoms with E-state index in [-0.39, 0.29) is 6.03 Å². The molecule has 5 aromatic rings. The number of rotatable bonds is 6. The molecule has 2 heterocycles. The van der Waals surface area contributed by atoms with Gasteiger partial charge in [0.1, 0.15) is 11.5 Å². The normalized spacial score (nSPS) is 15.8. The number of hydrogen-bond donors (Lipinski definition) is 1. The lowest BCUT2D eigenvalue weighted by molar-refractivity contribution is 0.0226. The number of benzene rings is 5. The van der Waals surface area contributed by atoms with Gasteiger partial charge >= 0.3 is 12.0 Å². The molecule has 2 amide bonds. The molecule has 1 atom stereocenters. The van der Waals surface area contributed by atoms with Crippen molar-refractivity contribution in [2.75, 3.05) is 28.2 Å². The molecule has 7 heteroatoms. The average molecular weight is 596 g/mol. The standard InChI is InChI=1S/C38H33N3O4/c1-4-40(5-2)27-23-22-25(3)32(24-27)41(37(43)39-26-14-7-6-8-15-26)31-19-13-21-34-35(31)38(30-18-11-12-20-33(30)44-34)29-17-10-9-16-28(29)36(42)45-38/h6-24H,4-5H2,1-3H3,(H,39,43). The van der Waals surface area contributed by atoms with Gasteiger partial charge in [0.2, 0.25) is 0 Å². The molecule has 7 rings (SSSR count). The quantitative estimate of drug-likeness (QED) is 0.199. The summed E-state index contributed by atoms with van der Waals surface area (Å²) < 4.78 is 13.0. The molecule has 0 radical (unpaired) electrons. The van der Waals surface area contributed by atoms with Crippen LogP contribution in [0.4, 0.5) is 27.5 Å². The number of amides is 2. The topological polar surface area (TPSA) is 71.1 Å². The molecule has 0 aromatic heterocycles. The van der Waals surface area contributed by atoms with E-state index in [1.807, 2.05) is 110 Å². The Balaban J connectivity index is 1.52. The molecule has 7 nitrogen and oxygen atoms in total. The van der Waals surface area contributed by atoms with Gasteiger partial charge in [0.25, 0.3) is 0 Å². The SMILES string of the molecule is CCN(CC)c1ccc(C)c(N(C(=O)Nc2ccccc2)c2cccc3c2C2(OC(=O)c4ccccc42)c2ccccc2O3)c1. The molecular formula is C38H33N3O4. The van der Waals surface area contributed by atoms with E-state index in [0.717, 1.165) is 24.3 Å². The third kappa shape index (κ3) is 4.51. The van der Waals surface area contributed by atoms with E-state index >= 15 is 0 Å². The summed E-state index contributed by atoms with van der Waals surface area (Å²) in [7, 11) is 0. The minimum atomic E-state index is -1.34. The molecule has 0 aliphatic carbocycles.